The zero-order valence-corrected chi connectivity index (χ0v) is 7.01. The van der Waals surface area contributed by atoms with Gasteiger partial charge in [0.2, 0.25) is 5.91 Å². The maximum absolute atomic E-state index is 10.9. The van der Waals surface area contributed by atoms with Crippen LogP contribution in [0.2, 0.25) is 0 Å². The van der Waals surface area contributed by atoms with Crippen molar-refractivity contribution in [3.05, 3.63) is 6.92 Å². The van der Waals surface area contributed by atoms with Gasteiger partial charge >= 0.3 is 0 Å². The van der Waals surface area contributed by atoms with Gasteiger partial charge in [0.25, 0.3) is 0 Å². The summed E-state index contributed by atoms with van der Waals surface area (Å²) in [5.74, 6) is -0.00750. The minimum atomic E-state index is -0.00750. The van der Waals surface area contributed by atoms with Crippen molar-refractivity contribution in [3.63, 3.8) is 0 Å². The van der Waals surface area contributed by atoms with E-state index in [1.807, 2.05) is 4.90 Å². The van der Waals surface area contributed by atoms with Gasteiger partial charge in [0.05, 0.1) is 0 Å². The van der Waals surface area contributed by atoms with E-state index >= 15 is 0 Å². The molecule has 63 valence electrons. The zero-order valence-electron chi connectivity index (χ0n) is 7.01. The molecule has 1 amide bonds. The second kappa shape index (κ2) is 4.37. The fourth-order valence-electron chi connectivity index (χ4n) is 1.50. The molecule has 0 aromatic rings. The van der Waals surface area contributed by atoms with Crippen LogP contribution < -0.4 is 0 Å². The summed E-state index contributed by atoms with van der Waals surface area (Å²) in [6.45, 7) is 5.26. The van der Waals surface area contributed by atoms with Gasteiger partial charge in [0, 0.05) is 20.0 Å². The van der Waals surface area contributed by atoms with E-state index < -0.39 is 0 Å². The predicted octanol–water partition coefficient (Wildman–Crippen LogP) is 1.61. The number of likely N-dealkylation sites (tertiary alicyclic amines) is 1. The quantitative estimate of drug-likeness (QED) is 0.519. The van der Waals surface area contributed by atoms with Crippen LogP contribution in [0.3, 0.4) is 0 Å². The molecule has 1 fully saturated rings. The maximum atomic E-state index is 10.9. The molecule has 0 N–H and O–H groups in total. The van der Waals surface area contributed by atoms with Gasteiger partial charge in [-0.25, -0.2) is 0 Å². The van der Waals surface area contributed by atoms with Crippen molar-refractivity contribution >= 4 is 5.91 Å². The van der Waals surface area contributed by atoms with Crippen LogP contribution in [-0.4, -0.2) is 23.9 Å². The fraction of sp³-hybridized carbons (Fsp3) is 0.778. The first-order valence-electron chi connectivity index (χ1n) is 4.41. The van der Waals surface area contributed by atoms with Crippen LogP contribution in [0.5, 0.6) is 0 Å². The molecule has 1 rings (SSSR count). The van der Waals surface area contributed by atoms with Gasteiger partial charge < -0.3 is 4.90 Å². The Morgan fingerprint density at radius 1 is 1.00 bits per heavy atom. The zero-order chi connectivity index (χ0) is 8.10. The Kier molecular flexibility index (Phi) is 3.40. The van der Waals surface area contributed by atoms with Crippen LogP contribution in [-0.2, 0) is 4.79 Å². The number of carbonyl (C=O) groups excluding carboxylic acids is 1. The van der Waals surface area contributed by atoms with Gasteiger partial charge in [-0.1, -0.05) is 19.3 Å². The van der Waals surface area contributed by atoms with Crippen molar-refractivity contribution in [2.75, 3.05) is 13.1 Å². The molecule has 2 nitrogen and oxygen atoms in total. The Balaban J connectivity index is 2.32. The lowest BCUT2D eigenvalue weighted by atomic mass is 10.1. The van der Waals surface area contributed by atoms with E-state index in [4.69, 9.17) is 0 Å². The van der Waals surface area contributed by atoms with E-state index in [-0.39, 0.29) is 5.91 Å². The van der Waals surface area contributed by atoms with E-state index in [9.17, 15) is 4.79 Å². The topological polar surface area (TPSA) is 20.3 Å². The summed E-state index contributed by atoms with van der Waals surface area (Å²) >= 11 is 0. The average molecular weight is 154 g/mol. The third kappa shape index (κ3) is 2.91. The highest BCUT2D eigenvalue weighted by molar-refractivity contribution is 5.80. The third-order valence-corrected chi connectivity index (χ3v) is 2.21. The lowest BCUT2D eigenvalue weighted by Crippen LogP contribution is -2.31. The lowest BCUT2D eigenvalue weighted by Gasteiger charge is -2.22. The summed E-state index contributed by atoms with van der Waals surface area (Å²) < 4.78 is 0. The summed E-state index contributed by atoms with van der Waals surface area (Å²) in [5.41, 5.74) is 0. The SMILES string of the molecule is [CH2]C(=O)N1CCCCCCC1. The average Bonchev–Trinajstić information content (AvgIpc) is 1.84. The normalized spacial score (nSPS) is 20.6. The molecule has 0 saturated carbocycles. The van der Waals surface area contributed by atoms with Crippen molar-refractivity contribution in [1.29, 1.82) is 0 Å². The molecular formula is C9H16NO. The molecule has 1 aliphatic rings. The highest BCUT2D eigenvalue weighted by atomic mass is 16.2. The largest absolute Gasteiger partial charge is 0.343 e. The van der Waals surface area contributed by atoms with E-state index in [2.05, 4.69) is 6.92 Å². The molecule has 0 atom stereocenters. The van der Waals surface area contributed by atoms with Gasteiger partial charge in [0.1, 0.15) is 0 Å². The van der Waals surface area contributed by atoms with Crippen LogP contribution >= 0.6 is 0 Å². The first-order valence-corrected chi connectivity index (χ1v) is 4.41. The molecule has 0 aliphatic carbocycles. The molecule has 0 aromatic heterocycles. The Hall–Kier alpha value is -0.530. The summed E-state index contributed by atoms with van der Waals surface area (Å²) in [5, 5.41) is 0. The predicted molar refractivity (Wildman–Crippen MR) is 45.0 cm³/mol. The van der Waals surface area contributed by atoms with Crippen LogP contribution in [0.4, 0.5) is 0 Å². The Morgan fingerprint density at radius 3 is 1.91 bits per heavy atom. The van der Waals surface area contributed by atoms with Gasteiger partial charge in [0.15, 0.2) is 0 Å². The van der Waals surface area contributed by atoms with Crippen molar-refractivity contribution in [3.8, 4) is 0 Å². The van der Waals surface area contributed by atoms with Gasteiger partial charge in [-0.3, -0.25) is 4.79 Å². The highest BCUT2D eigenvalue weighted by Gasteiger charge is 2.09. The summed E-state index contributed by atoms with van der Waals surface area (Å²) in [7, 11) is 0. The molecule has 0 spiro atoms. The first-order chi connectivity index (χ1) is 5.30. The second-order valence-corrected chi connectivity index (χ2v) is 3.15. The van der Waals surface area contributed by atoms with Crippen molar-refractivity contribution in [2.24, 2.45) is 0 Å². The summed E-state index contributed by atoms with van der Waals surface area (Å²) in [4.78, 5) is 12.7. The molecule has 0 aromatic carbocycles. The number of hydrogen-bond donors (Lipinski definition) is 0. The second-order valence-electron chi connectivity index (χ2n) is 3.15. The van der Waals surface area contributed by atoms with Crippen molar-refractivity contribution < 1.29 is 4.79 Å². The van der Waals surface area contributed by atoms with Crippen LogP contribution in [0.25, 0.3) is 0 Å². The summed E-state index contributed by atoms with van der Waals surface area (Å²) in [6, 6.07) is 0. The van der Waals surface area contributed by atoms with Crippen molar-refractivity contribution in [2.45, 2.75) is 32.1 Å². The van der Waals surface area contributed by atoms with E-state index in [0.29, 0.717) is 0 Å². The highest BCUT2D eigenvalue weighted by Crippen LogP contribution is 2.09. The molecule has 11 heavy (non-hydrogen) atoms. The molecule has 1 heterocycles. The smallest absolute Gasteiger partial charge is 0.223 e. The lowest BCUT2D eigenvalue weighted by molar-refractivity contribution is -0.126. The van der Waals surface area contributed by atoms with E-state index in [1.54, 1.807) is 0 Å². The molecule has 1 saturated heterocycles. The first kappa shape index (κ1) is 8.57. The van der Waals surface area contributed by atoms with E-state index in [1.165, 1.54) is 19.3 Å². The monoisotopic (exact) mass is 154 g/mol. The molecule has 0 bridgehead atoms. The van der Waals surface area contributed by atoms with Gasteiger partial charge in [-0.15, -0.1) is 0 Å². The van der Waals surface area contributed by atoms with Crippen LogP contribution in [0.1, 0.15) is 32.1 Å². The van der Waals surface area contributed by atoms with Crippen LogP contribution in [0.15, 0.2) is 0 Å². The number of nitrogens with zero attached hydrogens (tertiary/aromatic N) is 1. The van der Waals surface area contributed by atoms with Gasteiger partial charge in [-0.2, -0.15) is 0 Å². The summed E-state index contributed by atoms with van der Waals surface area (Å²) in [6.07, 6.45) is 6.18. The molecular weight excluding hydrogens is 138 g/mol. The molecule has 1 radical (unpaired) electrons. The standard InChI is InChI=1S/C9H16NO/c1-9(11)10-7-5-3-2-4-6-8-10/h1-8H2. The Labute approximate surface area is 68.6 Å². The Bertz CT molecular complexity index is 126. The fourth-order valence-corrected chi connectivity index (χ4v) is 1.50. The van der Waals surface area contributed by atoms with Gasteiger partial charge in [-0.05, 0) is 12.8 Å². The molecule has 2 heteroatoms. The minimum absolute atomic E-state index is 0.00750. The third-order valence-electron chi connectivity index (χ3n) is 2.21. The van der Waals surface area contributed by atoms with Crippen molar-refractivity contribution in [1.82, 2.24) is 4.90 Å². The number of carbonyl (C=O) groups is 1. The maximum Gasteiger partial charge on any atom is 0.223 e. The number of rotatable bonds is 0. The Morgan fingerprint density at radius 2 is 1.45 bits per heavy atom. The van der Waals surface area contributed by atoms with E-state index in [0.717, 1.165) is 25.9 Å². The number of hydrogen-bond acceptors (Lipinski definition) is 1. The molecule has 0 unspecified atom stereocenters. The minimum Gasteiger partial charge on any atom is -0.343 e. The van der Waals surface area contributed by atoms with Crippen LogP contribution in [0, 0.1) is 6.92 Å². The molecule has 1 aliphatic heterocycles. The number of amides is 1.